The standard InChI is InChI=1S/C13H15ClN2.ClH/c1-8-2-10(7-16-13(8)14)9-3-11-5-15-6-12(11)4-9;/h2-3,7,11-12,15H,4-6H2,1H3;1H/t11-,12+;/m0./s1. The van der Waals surface area contributed by atoms with E-state index in [2.05, 4.69) is 22.4 Å². The van der Waals surface area contributed by atoms with Gasteiger partial charge < -0.3 is 5.32 Å². The van der Waals surface area contributed by atoms with E-state index >= 15 is 0 Å². The molecule has 0 aromatic carbocycles. The maximum atomic E-state index is 5.94. The van der Waals surface area contributed by atoms with Crippen LogP contribution in [-0.4, -0.2) is 18.1 Å². The lowest BCUT2D eigenvalue weighted by Crippen LogP contribution is -2.09. The van der Waals surface area contributed by atoms with E-state index in [0.717, 1.165) is 30.5 Å². The molecule has 0 bridgehead atoms. The molecule has 2 atom stereocenters. The summed E-state index contributed by atoms with van der Waals surface area (Å²) in [5.74, 6) is 1.52. The molecule has 1 aliphatic heterocycles. The van der Waals surface area contributed by atoms with Gasteiger partial charge in [-0.15, -0.1) is 12.4 Å². The third kappa shape index (κ3) is 2.35. The van der Waals surface area contributed by atoms with Crippen molar-refractivity contribution >= 4 is 29.6 Å². The molecule has 4 heteroatoms. The van der Waals surface area contributed by atoms with Crippen molar-refractivity contribution in [2.75, 3.05) is 13.1 Å². The molecule has 0 spiro atoms. The molecule has 1 N–H and O–H groups in total. The van der Waals surface area contributed by atoms with Gasteiger partial charge in [0, 0.05) is 12.7 Å². The van der Waals surface area contributed by atoms with Gasteiger partial charge in [-0.25, -0.2) is 4.98 Å². The van der Waals surface area contributed by atoms with E-state index in [-0.39, 0.29) is 12.4 Å². The number of allylic oxidation sites excluding steroid dienone is 1. The highest BCUT2D eigenvalue weighted by molar-refractivity contribution is 6.30. The summed E-state index contributed by atoms with van der Waals surface area (Å²) in [6.45, 7) is 4.30. The van der Waals surface area contributed by atoms with E-state index in [0.29, 0.717) is 5.15 Å². The second kappa shape index (κ2) is 4.97. The van der Waals surface area contributed by atoms with E-state index in [1.54, 1.807) is 0 Å². The molecule has 1 saturated heterocycles. The van der Waals surface area contributed by atoms with Gasteiger partial charge in [0.2, 0.25) is 0 Å². The van der Waals surface area contributed by atoms with E-state index in [9.17, 15) is 0 Å². The Bertz CT molecular complexity index is 457. The molecule has 1 aromatic heterocycles. The molecule has 92 valence electrons. The lowest BCUT2D eigenvalue weighted by atomic mass is 9.98. The van der Waals surface area contributed by atoms with Crippen LogP contribution < -0.4 is 5.32 Å². The van der Waals surface area contributed by atoms with E-state index in [4.69, 9.17) is 11.6 Å². The van der Waals surface area contributed by atoms with Crippen molar-refractivity contribution in [1.29, 1.82) is 0 Å². The van der Waals surface area contributed by atoms with Gasteiger partial charge in [-0.3, -0.25) is 0 Å². The minimum Gasteiger partial charge on any atom is -0.316 e. The average molecular weight is 271 g/mol. The highest BCUT2D eigenvalue weighted by atomic mass is 35.5. The van der Waals surface area contributed by atoms with Crippen LogP contribution in [0.1, 0.15) is 17.5 Å². The topological polar surface area (TPSA) is 24.9 Å². The summed E-state index contributed by atoms with van der Waals surface area (Å²) in [6, 6.07) is 2.15. The lowest BCUT2D eigenvalue weighted by molar-refractivity contribution is 0.536. The molecule has 2 nitrogen and oxygen atoms in total. The second-order valence-electron chi connectivity index (χ2n) is 4.81. The maximum Gasteiger partial charge on any atom is 0.131 e. The summed E-state index contributed by atoms with van der Waals surface area (Å²) < 4.78 is 0. The highest BCUT2D eigenvalue weighted by Crippen LogP contribution is 2.38. The number of pyridine rings is 1. The largest absolute Gasteiger partial charge is 0.316 e. The van der Waals surface area contributed by atoms with Crippen LogP contribution in [0.3, 0.4) is 0 Å². The summed E-state index contributed by atoms with van der Waals surface area (Å²) in [4.78, 5) is 4.23. The number of rotatable bonds is 1. The molecule has 0 unspecified atom stereocenters. The Morgan fingerprint density at radius 3 is 2.94 bits per heavy atom. The first-order chi connectivity index (χ1) is 7.74. The van der Waals surface area contributed by atoms with E-state index in [1.165, 1.54) is 17.6 Å². The number of nitrogens with zero attached hydrogens (tertiary/aromatic N) is 1. The van der Waals surface area contributed by atoms with Gasteiger partial charge in [0.1, 0.15) is 5.15 Å². The first-order valence-electron chi connectivity index (χ1n) is 5.78. The van der Waals surface area contributed by atoms with Gasteiger partial charge in [0.05, 0.1) is 0 Å². The molecule has 1 aromatic rings. The summed E-state index contributed by atoms with van der Waals surface area (Å²) in [6.07, 6.45) is 5.49. The van der Waals surface area contributed by atoms with Crippen LogP contribution in [0.25, 0.3) is 5.57 Å². The van der Waals surface area contributed by atoms with Crippen LogP contribution in [0, 0.1) is 18.8 Å². The highest BCUT2D eigenvalue weighted by Gasteiger charge is 2.31. The SMILES string of the molecule is Cc1cc(C2=C[C@H]3CNC[C@H]3C2)cnc1Cl.Cl. The van der Waals surface area contributed by atoms with Crippen LogP contribution >= 0.6 is 24.0 Å². The molecule has 0 saturated carbocycles. The van der Waals surface area contributed by atoms with Gasteiger partial charge in [0.15, 0.2) is 0 Å². The first kappa shape index (κ1) is 12.9. The molecule has 2 heterocycles. The molecular formula is C13H16Cl2N2. The van der Waals surface area contributed by atoms with Crippen LogP contribution in [0.4, 0.5) is 0 Å². The molecule has 0 amide bonds. The molecule has 1 fully saturated rings. The molecular weight excluding hydrogens is 255 g/mol. The normalized spacial score (nSPS) is 26.4. The van der Waals surface area contributed by atoms with Crippen molar-refractivity contribution < 1.29 is 0 Å². The molecule has 2 aliphatic rings. The van der Waals surface area contributed by atoms with Crippen LogP contribution in [0.5, 0.6) is 0 Å². The van der Waals surface area contributed by atoms with E-state index in [1.807, 2.05) is 13.1 Å². The Morgan fingerprint density at radius 1 is 1.41 bits per heavy atom. The Hall–Kier alpha value is -0.570. The zero-order valence-electron chi connectivity index (χ0n) is 9.74. The molecule has 3 rings (SSSR count). The predicted molar refractivity (Wildman–Crippen MR) is 73.7 cm³/mol. The third-order valence-electron chi connectivity index (χ3n) is 3.67. The summed E-state index contributed by atoms with van der Waals surface area (Å²) in [5, 5.41) is 4.05. The third-order valence-corrected chi connectivity index (χ3v) is 4.07. The van der Waals surface area contributed by atoms with Crippen LogP contribution in [0.15, 0.2) is 18.3 Å². The number of halogens is 2. The fraction of sp³-hybridized carbons (Fsp3) is 0.462. The second-order valence-corrected chi connectivity index (χ2v) is 5.17. The van der Waals surface area contributed by atoms with Crippen LogP contribution in [-0.2, 0) is 0 Å². The Morgan fingerprint density at radius 2 is 2.24 bits per heavy atom. The van der Waals surface area contributed by atoms with Crippen molar-refractivity contribution in [3.8, 4) is 0 Å². The van der Waals surface area contributed by atoms with Gasteiger partial charge in [-0.05, 0) is 54.5 Å². The predicted octanol–water partition coefficient (Wildman–Crippen LogP) is 3.09. The number of aromatic nitrogens is 1. The summed E-state index contributed by atoms with van der Waals surface area (Å²) >= 11 is 5.94. The molecule has 0 radical (unpaired) electrons. The Labute approximate surface area is 113 Å². The first-order valence-corrected chi connectivity index (χ1v) is 6.16. The van der Waals surface area contributed by atoms with Crippen molar-refractivity contribution in [3.63, 3.8) is 0 Å². The summed E-state index contributed by atoms with van der Waals surface area (Å²) in [7, 11) is 0. The fourth-order valence-electron chi connectivity index (χ4n) is 2.73. The number of aryl methyl sites for hydroxylation is 1. The van der Waals surface area contributed by atoms with Crippen molar-refractivity contribution in [3.05, 3.63) is 34.6 Å². The van der Waals surface area contributed by atoms with Gasteiger partial charge in [-0.2, -0.15) is 0 Å². The Balaban J connectivity index is 0.00000108. The quantitative estimate of drug-likeness (QED) is 0.794. The van der Waals surface area contributed by atoms with Gasteiger partial charge in [-0.1, -0.05) is 17.7 Å². The fourth-order valence-corrected chi connectivity index (χ4v) is 2.83. The van der Waals surface area contributed by atoms with Crippen molar-refractivity contribution in [2.45, 2.75) is 13.3 Å². The smallest absolute Gasteiger partial charge is 0.131 e. The minimum atomic E-state index is 0. The van der Waals surface area contributed by atoms with Crippen LogP contribution in [0.2, 0.25) is 5.15 Å². The van der Waals surface area contributed by atoms with Crippen molar-refractivity contribution in [1.82, 2.24) is 10.3 Å². The summed E-state index contributed by atoms with van der Waals surface area (Å²) in [5.41, 5.74) is 3.76. The lowest BCUT2D eigenvalue weighted by Gasteiger charge is -2.07. The number of nitrogens with one attached hydrogen (secondary N) is 1. The molecule has 1 aliphatic carbocycles. The molecule has 17 heavy (non-hydrogen) atoms. The maximum absolute atomic E-state index is 5.94. The zero-order chi connectivity index (χ0) is 11.1. The zero-order valence-corrected chi connectivity index (χ0v) is 11.3. The number of hydrogen-bond acceptors (Lipinski definition) is 2. The minimum absolute atomic E-state index is 0. The van der Waals surface area contributed by atoms with Gasteiger partial charge in [0.25, 0.3) is 0 Å². The Kier molecular flexibility index (Phi) is 3.76. The number of fused-ring (bicyclic) bond motifs is 1. The number of hydrogen-bond donors (Lipinski definition) is 1. The monoisotopic (exact) mass is 270 g/mol. The average Bonchev–Trinajstić information content (AvgIpc) is 2.81. The van der Waals surface area contributed by atoms with Gasteiger partial charge >= 0.3 is 0 Å². The van der Waals surface area contributed by atoms with E-state index < -0.39 is 0 Å². The van der Waals surface area contributed by atoms with Crippen molar-refractivity contribution in [2.24, 2.45) is 11.8 Å².